The molecule has 2 unspecified atom stereocenters. The molecule has 0 aromatic rings. The predicted molar refractivity (Wildman–Crippen MR) is 78.2 cm³/mol. The van der Waals surface area contributed by atoms with Crippen LogP contribution < -0.4 is 0 Å². The van der Waals surface area contributed by atoms with E-state index in [1.165, 1.54) is 0 Å². The minimum absolute atomic E-state index is 0.0406. The van der Waals surface area contributed by atoms with Crippen LogP contribution in [0.4, 0.5) is 4.79 Å². The summed E-state index contributed by atoms with van der Waals surface area (Å²) in [5.74, 6) is -0.892. The molecular weight excluding hydrogens is 272 g/mol. The van der Waals surface area contributed by atoms with Crippen LogP contribution in [0.1, 0.15) is 47.0 Å². The molecule has 0 spiro atoms. The molecule has 120 valence electrons. The van der Waals surface area contributed by atoms with Crippen LogP contribution in [0.5, 0.6) is 0 Å². The zero-order valence-electron chi connectivity index (χ0n) is 13.4. The molecule has 0 aromatic carbocycles. The standard InChI is InChI=1S/C15H26N2O4/c1-5-15(12(18)19)7-6-8-17(15)13(20)16-9-11(2)21-14(3,4)10-16/h11H,5-10H2,1-4H3,(H,18,19). The first kappa shape index (κ1) is 16.1. The Morgan fingerprint density at radius 1 is 1.38 bits per heavy atom. The highest BCUT2D eigenvalue weighted by molar-refractivity contribution is 5.87. The van der Waals surface area contributed by atoms with E-state index in [1.54, 1.807) is 9.80 Å². The number of amides is 2. The molecular formula is C15H26N2O4. The second-order valence-electron chi connectivity index (χ2n) is 6.80. The molecule has 2 aliphatic rings. The van der Waals surface area contributed by atoms with E-state index in [1.807, 2.05) is 27.7 Å². The van der Waals surface area contributed by atoms with Crippen molar-refractivity contribution in [2.24, 2.45) is 0 Å². The average molecular weight is 298 g/mol. The minimum atomic E-state index is -1.04. The van der Waals surface area contributed by atoms with Crippen molar-refractivity contribution in [2.45, 2.75) is 64.2 Å². The number of morpholine rings is 1. The zero-order chi connectivity index (χ0) is 15.8. The molecule has 0 bridgehead atoms. The lowest BCUT2D eigenvalue weighted by atomic mass is 9.93. The number of urea groups is 1. The van der Waals surface area contributed by atoms with Crippen LogP contribution in [0.3, 0.4) is 0 Å². The molecule has 2 rings (SSSR count). The molecule has 2 heterocycles. The van der Waals surface area contributed by atoms with Crippen molar-refractivity contribution in [1.82, 2.24) is 9.80 Å². The normalized spacial score (nSPS) is 32.3. The fourth-order valence-corrected chi connectivity index (χ4v) is 3.67. The summed E-state index contributed by atoms with van der Waals surface area (Å²) in [6.45, 7) is 9.21. The molecule has 2 atom stereocenters. The third-order valence-electron chi connectivity index (χ3n) is 4.54. The predicted octanol–water partition coefficient (Wildman–Crippen LogP) is 1.93. The molecule has 0 aromatic heterocycles. The summed E-state index contributed by atoms with van der Waals surface area (Å²) in [6.07, 6.45) is 1.68. The first-order valence-electron chi connectivity index (χ1n) is 7.69. The molecule has 2 aliphatic heterocycles. The number of carboxylic acids is 1. The second kappa shape index (κ2) is 5.48. The first-order chi connectivity index (χ1) is 9.72. The topological polar surface area (TPSA) is 70.1 Å². The highest BCUT2D eigenvalue weighted by atomic mass is 16.5. The summed E-state index contributed by atoms with van der Waals surface area (Å²) in [7, 11) is 0. The number of carbonyl (C=O) groups is 2. The van der Waals surface area contributed by atoms with Gasteiger partial charge in [-0.25, -0.2) is 9.59 Å². The van der Waals surface area contributed by atoms with E-state index in [0.717, 1.165) is 6.42 Å². The maximum Gasteiger partial charge on any atom is 0.329 e. The highest BCUT2D eigenvalue weighted by Gasteiger charge is 2.50. The number of aliphatic carboxylic acids is 1. The van der Waals surface area contributed by atoms with Crippen molar-refractivity contribution in [3.05, 3.63) is 0 Å². The van der Waals surface area contributed by atoms with Crippen molar-refractivity contribution in [2.75, 3.05) is 19.6 Å². The summed E-state index contributed by atoms with van der Waals surface area (Å²) < 4.78 is 5.81. The molecule has 2 amide bonds. The summed E-state index contributed by atoms with van der Waals surface area (Å²) in [4.78, 5) is 27.9. The van der Waals surface area contributed by atoms with E-state index in [2.05, 4.69) is 0 Å². The third kappa shape index (κ3) is 2.86. The summed E-state index contributed by atoms with van der Waals surface area (Å²) in [5, 5.41) is 9.60. The van der Waals surface area contributed by atoms with Crippen molar-refractivity contribution >= 4 is 12.0 Å². The number of carboxylic acid groups (broad SMARTS) is 1. The maximum absolute atomic E-state index is 12.8. The van der Waals surface area contributed by atoms with Gasteiger partial charge in [-0.2, -0.15) is 0 Å². The molecule has 21 heavy (non-hydrogen) atoms. The van der Waals surface area contributed by atoms with E-state index in [-0.39, 0.29) is 12.1 Å². The number of rotatable bonds is 2. The van der Waals surface area contributed by atoms with Gasteiger partial charge in [0, 0.05) is 13.1 Å². The molecule has 2 fully saturated rings. The SMILES string of the molecule is CCC1(C(=O)O)CCCN1C(=O)N1CC(C)OC(C)(C)C1. The van der Waals surface area contributed by atoms with E-state index in [9.17, 15) is 14.7 Å². The number of nitrogens with zero attached hydrogens (tertiary/aromatic N) is 2. The van der Waals surface area contributed by atoms with E-state index in [0.29, 0.717) is 32.5 Å². The Labute approximate surface area is 126 Å². The number of carbonyl (C=O) groups excluding carboxylic acids is 1. The minimum Gasteiger partial charge on any atom is -0.479 e. The van der Waals surface area contributed by atoms with E-state index >= 15 is 0 Å². The largest absolute Gasteiger partial charge is 0.479 e. The van der Waals surface area contributed by atoms with Crippen LogP contribution in [0.15, 0.2) is 0 Å². The van der Waals surface area contributed by atoms with Crippen molar-refractivity contribution < 1.29 is 19.4 Å². The lowest BCUT2D eigenvalue weighted by molar-refractivity contribution is -0.149. The quantitative estimate of drug-likeness (QED) is 0.845. The fourth-order valence-electron chi connectivity index (χ4n) is 3.67. The Hall–Kier alpha value is -1.30. The zero-order valence-corrected chi connectivity index (χ0v) is 13.4. The van der Waals surface area contributed by atoms with Gasteiger partial charge in [-0.05, 0) is 40.0 Å². The lowest BCUT2D eigenvalue weighted by Crippen LogP contribution is -2.61. The molecule has 2 saturated heterocycles. The summed E-state index contributed by atoms with van der Waals surface area (Å²) in [5.41, 5.74) is -1.44. The van der Waals surface area contributed by atoms with Crippen molar-refractivity contribution in [1.29, 1.82) is 0 Å². The summed E-state index contributed by atoms with van der Waals surface area (Å²) in [6, 6.07) is -0.167. The Balaban J connectivity index is 2.21. The Kier molecular flexibility index (Phi) is 4.19. The Morgan fingerprint density at radius 2 is 2.05 bits per heavy atom. The van der Waals surface area contributed by atoms with Crippen LogP contribution in [-0.4, -0.2) is 63.8 Å². The van der Waals surface area contributed by atoms with Gasteiger partial charge in [0.1, 0.15) is 5.54 Å². The van der Waals surface area contributed by atoms with Gasteiger partial charge in [0.25, 0.3) is 0 Å². The van der Waals surface area contributed by atoms with Crippen LogP contribution >= 0.6 is 0 Å². The van der Waals surface area contributed by atoms with Gasteiger partial charge in [0.05, 0.1) is 18.2 Å². The number of likely N-dealkylation sites (tertiary alicyclic amines) is 1. The first-order valence-corrected chi connectivity index (χ1v) is 7.69. The van der Waals surface area contributed by atoms with Crippen LogP contribution in [-0.2, 0) is 9.53 Å². The van der Waals surface area contributed by atoms with Gasteiger partial charge in [0.2, 0.25) is 0 Å². The van der Waals surface area contributed by atoms with Gasteiger partial charge in [-0.3, -0.25) is 0 Å². The van der Waals surface area contributed by atoms with Crippen LogP contribution in [0, 0.1) is 0 Å². The fraction of sp³-hybridized carbons (Fsp3) is 0.867. The molecule has 1 N–H and O–H groups in total. The lowest BCUT2D eigenvalue weighted by Gasteiger charge is -2.45. The van der Waals surface area contributed by atoms with Gasteiger partial charge in [-0.15, -0.1) is 0 Å². The molecule has 0 radical (unpaired) electrons. The van der Waals surface area contributed by atoms with Gasteiger partial charge in [0.15, 0.2) is 0 Å². The third-order valence-corrected chi connectivity index (χ3v) is 4.54. The number of hydrogen-bond acceptors (Lipinski definition) is 3. The Bertz CT molecular complexity index is 437. The van der Waals surface area contributed by atoms with Crippen LogP contribution in [0.25, 0.3) is 0 Å². The highest BCUT2D eigenvalue weighted by Crippen LogP contribution is 2.34. The van der Waals surface area contributed by atoms with Crippen LogP contribution in [0.2, 0.25) is 0 Å². The second-order valence-corrected chi connectivity index (χ2v) is 6.80. The molecule has 0 saturated carbocycles. The molecule has 6 heteroatoms. The number of hydrogen-bond donors (Lipinski definition) is 1. The maximum atomic E-state index is 12.8. The van der Waals surface area contributed by atoms with Crippen molar-refractivity contribution in [3.63, 3.8) is 0 Å². The monoisotopic (exact) mass is 298 g/mol. The van der Waals surface area contributed by atoms with Crippen molar-refractivity contribution in [3.8, 4) is 0 Å². The molecule has 0 aliphatic carbocycles. The van der Waals surface area contributed by atoms with Gasteiger partial charge < -0.3 is 19.6 Å². The van der Waals surface area contributed by atoms with E-state index < -0.39 is 17.1 Å². The summed E-state index contributed by atoms with van der Waals surface area (Å²) >= 11 is 0. The average Bonchev–Trinajstić information content (AvgIpc) is 2.80. The molecule has 6 nitrogen and oxygen atoms in total. The van der Waals surface area contributed by atoms with E-state index in [4.69, 9.17) is 4.74 Å². The smallest absolute Gasteiger partial charge is 0.329 e. The van der Waals surface area contributed by atoms with Gasteiger partial charge in [-0.1, -0.05) is 6.92 Å². The van der Waals surface area contributed by atoms with Gasteiger partial charge >= 0.3 is 12.0 Å². The number of ether oxygens (including phenoxy) is 1. The Morgan fingerprint density at radius 3 is 2.57 bits per heavy atom.